The molecule has 1 unspecified atom stereocenters. The van der Waals surface area contributed by atoms with E-state index in [1.165, 1.54) is 18.2 Å². The van der Waals surface area contributed by atoms with E-state index in [0.29, 0.717) is 5.82 Å². The summed E-state index contributed by atoms with van der Waals surface area (Å²) in [5.74, 6) is 0.213. The SMILES string of the molecule is COc1ccc(-c2noc(C(C)NC(=O)c3ccccc3F)n2)cc1. The second-order valence-corrected chi connectivity index (χ2v) is 5.36. The van der Waals surface area contributed by atoms with Gasteiger partial charge >= 0.3 is 0 Å². The molecule has 1 aromatic heterocycles. The van der Waals surface area contributed by atoms with Crippen molar-refractivity contribution in [1.29, 1.82) is 0 Å². The number of hydrogen-bond donors (Lipinski definition) is 1. The molecule has 3 aromatic rings. The Morgan fingerprint density at radius 3 is 2.60 bits per heavy atom. The first-order chi connectivity index (χ1) is 12.1. The number of rotatable bonds is 5. The number of nitrogens with zero attached hydrogens (tertiary/aromatic N) is 2. The summed E-state index contributed by atoms with van der Waals surface area (Å²) in [6, 6.07) is 12.4. The van der Waals surface area contributed by atoms with Gasteiger partial charge in [0.1, 0.15) is 17.6 Å². The minimum absolute atomic E-state index is 0.0377. The fourth-order valence-corrected chi connectivity index (χ4v) is 2.25. The molecule has 128 valence electrons. The van der Waals surface area contributed by atoms with Crippen LogP contribution in [-0.2, 0) is 0 Å². The van der Waals surface area contributed by atoms with Crippen molar-refractivity contribution in [3.8, 4) is 17.1 Å². The van der Waals surface area contributed by atoms with Crippen molar-refractivity contribution < 1.29 is 18.4 Å². The Bertz CT molecular complexity index is 877. The van der Waals surface area contributed by atoms with Crippen molar-refractivity contribution in [3.05, 3.63) is 65.8 Å². The molecule has 7 heteroatoms. The molecule has 1 heterocycles. The van der Waals surface area contributed by atoms with Gasteiger partial charge in [0.2, 0.25) is 11.7 Å². The number of methoxy groups -OCH3 is 1. The molecule has 0 spiro atoms. The van der Waals surface area contributed by atoms with Crippen LogP contribution in [0.5, 0.6) is 5.75 Å². The first kappa shape index (κ1) is 16.6. The fraction of sp³-hybridized carbons (Fsp3) is 0.167. The van der Waals surface area contributed by atoms with Crippen molar-refractivity contribution in [2.24, 2.45) is 0 Å². The highest BCUT2D eigenvalue weighted by Gasteiger charge is 2.19. The smallest absolute Gasteiger partial charge is 0.254 e. The summed E-state index contributed by atoms with van der Waals surface area (Å²) in [5, 5.41) is 6.55. The van der Waals surface area contributed by atoms with Crippen molar-refractivity contribution in [1.82, 2.24) is 15.5 Å². The van der Waals surface area contributed by atoms with Crippen LogP contribution in [0, 0.1) is 5.82 Å². The molecule has 0 bridgehead atoms. The van der Waals surface area contributed by atoms with Crippen molar-refractivity contribution >= 4 is 5.91 Å². The van der Waals surface area contributed by atoms with Gasteiger partial charge in [0.25, 0.3) is 5.91 Å². The molecule has 0 aliphatic carbocycles. The van der Waals surface area contributed by atoms with Crippen molar-refractivity contribution in [2.75, 3.05) is 7.11 Å². The number of halogens is 1. The molecule has 6 nitrogen and oxygen atoms in total. The Morgan fingerprint density at radius 2 is 1.92 bits per heavy atom. The third-order valence-corrected chi connectivity index (χ3v) is 3.63. The first-order valence-electron chi connectivity index (χ1n) is 7.62. The zero-order chi connectivity index (χ0) is 17.8. The molecular weight excluding hydrogens is 325 g/mol. The molecule has 25 heavy (non-hydrogen) atoms. The molecule has 3 rings (SSSR count). The lowest BCUT2D eigenvalue weighted by atomic mass is 10.2. The van der Waals surface area contributed by atoms with Crippen LogP contribution in [0.15, 0.2) is 53.1 Å². The maximum atomic E-state index is 13.7. The van der Waals surface area contributed by atoms with E-state index in [9.17, 15) is 9.18 Å². The second-order valence-electron chi connectivity index (χ2n) is 5.36. The van der Waals surface area contributed by atoms with Gasteiger partial charge in [-0.15, -0.1) is 0 Å². The predicted molar refractivity (Wildman–Crippen MR) is 88.6 cm³/mol. The largest absolute Gasteiger partial charge is 0.497 e. The molecule has 2 aromatic carbocycles. The van der Waals surface area contributed by atoms with Crippen LogP contribution in [0.1, 0.15) is 29.2 Å². The number of hydrogen-bond acceptors (Lipinski definition) is 5. The Labute approximate surface area is 143 Å². The van der Waals surface area contributed by atoms with Gasteiger partial charge in [0.05, 0.1) is 12.7 Å². The lowest BCUT2D eigenvalue weighted by Crippen LogP contribution is -2.27. The van der Waals surface area contributed by atoms with Gasteiger partial charge in [-0.3, -0.25) is 4.79 Å². The summed E-state index contributed by atoms with van der Waals surface area (Å²) in [6.45, 7) is 1.68. The number of aromatic nitrogens is 2. The summed E-state index contributed by atoms with van der Waals surface area (Å²) in [6.07, 6.45) is 0. The van der Waals surface area contributed by atoms with Crippen LogP contribution in [0.25, 0.3) is 11.4 Å². The molecule has 1 amide bonds. The van der Waals surface area contributed by atoms with Gasteiger partial charge < -0.3 is 14.6 Å². The third-order valence-electron chi connectivity index (χ3n) is 3.63. The average Bonchev–Trinajstić information content (AvgIpc) is 3.12. The third kappa shape index (κ3) is 3.65. The molecule has 0 radical (unpaired) electrons. The topological polar surface area (TPSA) is 77.3 Å². The van der Waals surface area contributed by atoms with Crippen molar-refractivity contribution in [3.63, 3.8) is 0 Å². The van der Waals surface area contributed by atoms with E-state index in [1.54, 1.807) is 44.4 Å². The molecule has 0 fully saturated rings. The van der Waals surface area contributed by atoms with Gasteiger partial charge in [-0.1, -0.05) is 17.3 Å². The van der Waals surface area contributed by atoms with E-state index in [1.807, 2.05) is 0 Å². The Kier molecular flexibility index (Phi) is 4.74. The van der Waals surface area contributed by atoms with Crippen molar-refractivity contribution in [2.45, 2.75) is 13.0 Å². The minimum atomic E-state index is -0.586. The summed E-state index contributed by atoms with van der Waals surface area (Å²) in [7, 11) is 1.58. The van der Waals surface area contributed by atoms with Gasteiger partial charge in [-0.05, 0) is 43.3 Å². The average molecular weight is 341 g/mol. The Balaban J connectivity index is 1.73. The standard InChI is InChI=1S/C18H16FN3O3/c1-11(20-17(23)14-5-3-4-6-15(14)19)18-21-16(22-25-18)12-7-9-13(24-2)10-8-12/h3-11H,1-2H3,(H,20,23). The zero-order valence-electron chi connectivity index (χ0n) is 13.7. The highest BCUT2D eigenvalue weighted by molar-refractivity contribution is 5.94. The molecule has 0 aliphatic heterocycles. The normalized spacial score (nSPS) is 11.8. The molecular formula is C18H16FN3O3. The molecule has 1 atom stereocenters. The summed E-state index contributed by atoms with van der Waals surface area (Å²) in [4.78, 5) is 16.4. The van der Waals surface area contributed by atoms with E-state index in [2.05, 4.69) is 15.5 Å². The van der Waals surface area contributed by atoms with E-state index in [4.69, 9.17) is 9.26 Å². The summed E-state index contributed by atoms with van der Waals surface area (Å²) >= 11 is 0. The van der Waals surface area contributed by atoms with Gasteiger partial charge in [0, 0.05) is 5.56 Å². The van der Waals surface area contributed by atoms with Crippen LogP contribution in [0.2, 0.25) is 0 Å². The number of carbonyl (C=O) groups excluding carboxylic acids is 1. The highest BCUT2D eigenvalue weighted by atomic mass is 19.1. The van der Waals surface area contributed by atoms with Crippen LogP contribution in [0.3, 0.4) is 0 Å². The monoisotopic (exact) mass is 341 g/mol. The minimum Gasteiger partial charge on any atom is -0.497 e. The summed E-state index contributed by atoms with van der Waals surface area (Å²) < 4.78 is 24.0. The van der Waals surface area contributed by atoms with Gasteiger partial charge in [0.15, 0.2) is 0 Å². The maximum absolute atomic E-state index is 13.7. The summed E-state index contributed by atoms with van der Waals surface area (Å²) in [5.41, 5.74) is 0.715. The molecule has 1 N–H and O–H groups in total. The van der Waals surface area contributed by atoms with E-state index < -0.39 is 17.8 Å². The van der Waals surface area contributed by atoms with Crippen LogP contribution < -0.4 is 10.1 Å². The Morgan fingerprint density at radius 1 is 1.20 bits per heavy atom. The zero-order valence-corrected chi connectivity index (χ0v) is 13.7. The highest BCUT2D eigenvalue weighted by Crippen LogP contribution is 2.21. The number of amides is 1. The van der Waals surface area contributed by atoms with Crippen LogP contribution in [0.4, 0.5) is 4.39 Å². The number of benzene rings is 2. The number of carbonyl (C=O) groups is 1. The number of ether oxygens (including phenoxy) is 1. The first-order valence-corrected chi connectivity index (χ1v) is 7.62. The fourth-order valence-electron chi connectivity index (χ4n) is 2.25. The lowest BCUT2D eigenvalue weighted by Gasteiger charge is -2.10. The lowest BCUT2D eigenvalue weighted by molar-refractivity contribution is 0.0928. The maximum Gasteiger partial charge on any atom is 0.254 e. The molecule has 0 saturated heterocycles. The van der Waals surface area contributed by atoms with Gasteiger partial charge in [-0.25, -0.2) is 4.39 Å². The Hall–Kier alpha value is -3.22. The number of nitrogens with one attached hydrogen (secondary N) is 1. The van der Waals surface area contributed by atoms with Crippen LogP contribution >= 0.6 is 0 Å². The van der Waals surface area contributed by atoms with E-state index in [0.717, 1.165) is 11.3 Å². The van der Waals surface area contributed by atoms with E-state index >= 15 is 0 Å². The van der Waals surface area contributed by atoms with Gasteiger partial charge in [-0.2, -0.15) is 4.98 Å². The van der Waals surface area contributed by atoms with E-state index in [-0.39, 0.29) is 11.5 Å². The predicted octanol–water partition coefficient (Wildman–Crippen LogP) is 3.38. The quantitative estimate of drug-likeness (QED) is 0.770. The molecule has 0 saturated carbocycles. The van der Waals surface area contributed by atoms with Crippen LogP contribution in [-0.4, -0.2) is 23.2 Å². The molecule has 0 aliphatic rings. The second kappa shape index (κ2) is 7.12.